The summed E-state index contributed by atoms with van der Waals surface area (Å²) in [6.45, 7) is 0. The molecule has 0 bridgehead atoms. The molecular weight excluding hydrogens is 415 g/mol. The second kappa shape index (κ2) is 9.77. The third-order valence-corrected chi connectivity index (χ3v) is 5.10. The first-order chi connectivity index (χ1) is 15.2. The van der Waals surface area contributed by atoms with Gasteiger partial charge in [-0.15, -0.1) is 10.2 Å². The average molecular weight is 432 g/mol. The number of carbonyl (C=O) groups is 1. The maximum absolute atomic E-state index is 13.2. The maximum atomic E-state index is 13.2. The van der Waals surface area contributed by atoms with E-state index in [1.807, 2.05) is 47.0 Å². The van der Waals surface area contributed by atoms with E-state index in [-0.39, 0.29) is 17.5 Å². The Morgan fingerprint density at radius 3 is 2.65 bits per heavy atom. The predicted molar refractivity (Wildman–Crippen MR) is 117 cm³/mol. The molecule has 1 amide bonds. The normalized spacial score (nSPS) is 11.0. The summed E-state index contributed by atoms with van der Waals surface area (Å²) in [5.41, 5.74) is 4.74. The van der Waals surface area contributed by atoms with E-state index in [0.29, 0.717) is 16.5 Å². The highest BCUT2D eigenvalue weighted by Gasteiger charge is 2.17. The quantitative estimate of drug-likeness (QED) is 0.273. The minimum Gasteiger partial charge on any atom is -0.272 e. The van der Waals surface area contributed by atoms with Crippen molar-refractivity contribution >= 4 is 23.9 Å². The number of halogens is 1. The number of amides is 1. The van der Waals surface area contributed by atoms with Gasteiger partial charge in [0, 0.05) is 23.6 Å². The molecule has 0 aliphatic carbocycles. The lowest BCUT2D eigenvalue weighted by Gasteiger charge is -2.10. The number of aromatic nitrogens is 4. The molecule has 0 aliphatic heterocycles. The minimum atomic E-state index is -0.365. The van der Waals surface area contributed by atoms with Crippen LogP contribution < -0.4 is 5.43 Å². The Kier molecular flexibility index (Phi) is 6.44. The highest BCUT2D eigenvalue weighted by atomic mass is 32.2. The number of hydrazone groups is 1. The van der Waals surface area contributed by atoms with Gasteiger partial charge in [0.2, 0.25) is 0 Å². The smallest absolute Gasteiger partial charge is 0.250 e. The Labute approximate surface area is 182 Å². The van der Waals surface area contributed by atoms with E-state index in [2.05, 4.69) is 25.7 Å². The van der Waals surface area contributed by atoms with Crippen LogP contribution in [0.25, 0.3) is 17.1 Å². The molecule has 0 fully saturated rings. The van der Waals surface area contributed by atoms with Gasteiger partial charge in [-0.2, -0.15) is 5.10 Å². The van der Waals surface area contributed by atoms with Crippen molar-refractivity contribution in [3.05, 3.63) is 90.5 Å². The molecular formula is C22H17FN6OS. The Balaban J connectivity index is 1.48. The zero-order valence-electron chi connectivity index (χ0n) is 16.2. The number of nitrogens with zero attached hydrogens (tertiary/aromatic N) is 5. The molecule has 0 saturated heterocycles. The number of hydrogen-bond donors (Lipinski definition) is 1. The number of hydrogen-bond acceptors (Lipinski definition) is 6. The van der Waals surface area contributed by atoms with Gasteiger partial charge in [0.05, 0.1) is 12.0 Å². The van der Waals surface area contributed by atoms with Gasteiger partial charge in [-0.3, -0.25) is 14.3 Å². The van der Waals surface area contributed by atoms with E-state index >= 15 is 0 Å². The van der Waals surface area contributed by atoms with E-state index in [1.165, 1.54) is 30.1 Å². The summed E-state index contributed by atoms with van der Waals surface area (Å²) in [7, 11) is 0. The average Bonchev–Trinajstić information content (AvgIpc) is 3.23. The molecule has 9 heteroatoms. The lowest BCUT2D eigenvalue weighted by atomic mass is 10.2. The number of benzene rings is 2. The van der Waals surface area contributed by atoms with E-state index < -0.39 is 0 Å². The second-order valence-corrected chi connectivity index (χ2v) is 7.29. The second-order valence-electron chi connectivity index (χ2n) is 6.35. The maximum Gasteiger partial charge on any atom is 0.250 e. The fourth-order valence-electron chi connectivity index (χ4n) is 2.79. The molecule has 0 unspecified atom stereocenters. The Bertz CT molecular complexity index is 1200. The summed E-state index contributed by atoms with van der Waals surface area (Å²) in [5.74, 6) is 0.0596. The number of rotatable bonds is 7. The summed E-state index contributed by atoms with van der Waals surface area (Å²) in [4.78, 5) is 16.3. The first kappa shape index (κ1) is 20.4. The summed E-state index contributed by atoms with van der Waals surface area (Å²) in [6, 6.07) is 19.3. The molecule has 0 radical (unpaired) electrons. The van der Waals surface area contributed by atoms with Crippen molar-refractivity contribution in [2.75, 3.05) is 5.75 Å². The van der Waals surface area contributed by atoms with Crippen LogP contribution >= 0.6 is 11.8 Å². The van der Waals surface area contributed by atoms with Crippen LogP contribution in [-0.2, 0) is 4.79 Å². The monoisotopic (exact) mass is 432 g/mol. The molecule has 2 aromatic heterocycles. The molecule has 7 nitrogen and oxygen atoms in total. The third kappa shape index (κ3) is 5.20. The minimum absolute atomic E-state index is 0.0851. The van der Waals surface area contributed by atoms with Crippen LogP contribution in [0.1, 0.15) is 5.56 Å². The Morgan fingerprint density at radius 1 is 1.06 bits per heavy atom. The fourth-order valence-corrected chi connectivity index (χ4v) is 3.53. The van der Waals surface area contributed by atoms with E-state index in [0.717, 1.165) is 11.3 Å². The van der Waals surface area contributed by atoms with Crippen molar-refractivity contribution in [3.63, 3.8) is 0 Å². The van der Waals surface area contributed by atoms with Crippen LogP contribution in [0.4, 0.5) is 4.39 Å². The van der Waals surface area contributed by atoms with E-state index in [4.69, 9.17) is 0 Å². The van der Waals surface area contributed by atoms with Gasteiger partial charge in [0.1, 0.15) is 5.82 Å². The van der Waals surface area contributed by atoms with Gasteiger partial charge in [-0.05, 0) is 42.0 Å². The zero-order chi connectivity index (χ0) is 21.5. The van der Waals surface area contributed by atoms with Crippen LogP contribution in [-0.4, -0.2) is 37.6 Å². The molecule has 4 rings (SSSR count). The SMILES string of the molecule is O=C(CSc1nnc(-c2ccncc2)n1-c1ccccc1)N/N=C/c1cccc(F)c1. The van der Waals surface area contributed by atoms with Crippen LogP contribution in [0.5, 0.6) is 0 Å². The van der Waals surface area contributed by atoms with Gasteiger partial charge in [0.25, 0.3) is 5.91 Å². The van der Waals surface area contributed by atoms with Gasteiger partial charge < -0.3 is 0 Å². The van der Waals surface area contributed by atoms with Crippen molar-refractivity contribution in [2.45, 2.75) is 5.16 Å². The zero-order valence-corrected chi connectivity index (χ0v) is 17.0. The highest BCUT2D eigenvalue weighted by molar-refractivity contribution is 7.99. The van der Waals surface area contributed by atoms with Crippen LogP contribution in [0.3, 0.4) is 0 Å². The first-order valence-electron chi connectivity index (χ1n) is 9.32. The van der Waals surface area contributed by atoms with E-state index in [9.17, 15) is 9.18 Å². The van der Waals surface area contributed by atoms with Crippen LogP contribution in [0.15, 0.2) is 89.4 Å². The molecule has 0 aliphatic rings. The lowest BCUT2D eigenvalue weighted by Crippen LogP contribution is -2.20. The topological polar surface area (TPSA) is 85.1 Å². The highest BCUT2D eigenvalue weighted by Crippen LogP contribution is 2.27. The Hall–Kier alpha value is -3.85. The number of para-hydroxylation sites is 1. The van der Waals surface area contributed by atoms with Gasteiger partial charge in [0.15, 0.2) is 11.0 Å². The van der Waals surface area contributed by atoms with Gasteiger partial charge >= 0.3 is 0 Å². The largest absolute Gasteiger partial charge is 0.272 e. The molecule has 0 saturated carbocycles. The van der Waals surface area contributed by atoms with E-state index in [1.54, 1.807) is 24.5 Å². The number of thioether (sulfide) groups is 1. The van der Waals surface area contributed by atoms with Crippen molar-refractivity contribution < 1.29 is 9.18 Å². The molecule has 2 heterocycles. The van der Waals surface area contributed by atoms with Crippen molar-refractivity contribution in [1.82, 2.24) is 25.2 Å². The molecule has 2 aromatic carbocycles. The third-order valence-electron chi connectivity index (χ3n) is 4.17. The van der Waals surface area contributed by atoms with Crippen molar-refractivity contribution in [2.24, 2.45) is 5.10 Å². The lowest BCUT2D eigenvalue weighted by molar-refractivity contribution is -0.118. The molecule has 0 atom stereocenters. The van der Waals surface area contributed by atoms with Gasteiger partial charge in [-0.1, -0.05) is 42.1 Å². The number of nitrogens with one attached hydrogen (secondary N) is 1. The summed E-state index contributed by atoms with van der Waals surface area (Å²) >= 11 is 1.24. The molecule has 154 valence electrons. The summed E-state index contributed by atoms with van der Waals surface area (Å²) in [6.07, 6.45) is 4.77. The number of carbonyl (C=O) groups excluding carboxylic acids is 1. The molecule has 4 aromatic rings. The predicted octanol–water partition coefficient (Wildman–Crippen LogP) is 3.71. The van der Waals surface area contributed by atoms with Gasteiger partial charge in [-0.25, -0.2) is 9.82 Å². The van der Waals surface area contributed by atoms with Crippen LogP contribution in [0, 0.1) is 5.82 Å². The standard InChI is InChI=1S/C22H17FN6OS/c23-18-6-4-5-16(13-18)14-25-26-20(30)15-31-22-28-27-21(17-9-11-24-12-10-17)29(22)19-7-2-1-3-8-19/h1-14H,15H2,(H,26,30)/b25-14+. The van der Waals surface area contributed by atoms with Crippen molar-refractivity contribution in [3.8, 4) is 17.1 Å². The summed E-state index contributed by atoms with van der Waals surface area (Å²) in [5, 5.41) is 13.0. The molecule has 0 spiro atoms. The fraction of sp³-hybridized carbons (Fsp3) is 0.0455. The van der Waals surface area contributed by atoms with Crippen molar-refractivity contribution in [1.29, 1.82) is 0 Å². The van der Waals surface area contributed by atoms with Crippen LogP contribution in [0.2, 0.25) is 0 Å². The first-order valence-corrected chi connectivity index (χ1v) is 10.3. The molecule has 31 heavy (non-hydrogen) atoms. The molecule has 1 N–H and O–H groups in total. The Morgan fingerprint density at radius 2 is 1.87 bits per heavy atom. The summed E-state index contributed by atoms with van der Waals surface area (Å²) < 4.78 is 15.1. The number of pyridine rings is 1.